The fraction of sp³-hybridized carbons (Fsp3) is 0.846. The van der Waals surface area contributed by atoms with Crippen LogP contribution >= 0.6 is 0 Å². The Balaban J connectivity index is 2.17. The molecule has 3 atom stereocenters. The Morgan fingerprint density at radius 2 is 1.85 bits per heavy atom. The highest BCUT2D eigenvalue weighted by Gasteiger charge is 2.51. The van der Waals surface area contributed by atoms with Crippen molar-refractivity contribution >= 4 is 12.0 Å². The largest absolute Gasteiger partial charge is 0.479 e. The summed E-state index contributed by atoms with van der Waals surface area (Å²) < 4.78 is 0. The second kappa shape index (κ2) is 5.57. The summed E-state index contributed by atoms with van der Waals surface area (Å²) in [5, 5.41) is 28.6. The van der Waals surface area contributed by atoms with Crippen molar-refractivity contribution in [3.05, 3.63) is 0 Å². The highest BCUT2D eigenvalue weighted by atomic mass is 16.4. The maximum absolute atomic E-state index is 12.5. The van der Waals surface area contributed by atoms with Gasteiger partial charge in [0.2, 0.25) is 0 Å². The standard InChI is InChI=1S/C13H22N2O5/c1-2-4-13(11(18)19)5-3-6-15(13)12(20)14-7-9(16)10(17)8-14/h9-10,16-17H,2-8H2,1H3,(H,18,19). The lowest BCUT2D eigenvalue weighted by Crippen LogP contribution is -2.56. The number of rotatable bonds is 3. The van der Waals surface area contributed by atoms with E-state index in [0.29, 0.717) is 32.2 Å². The number of hydrogen-bond donors (Lipinski definition) is 3. The number of aliphatic carboxylic acids is 1. The molecule has 0 bridgehead atoms. The average Bonchev–Trinajstić information content (AvgIpc) is 2.95. The number of carbonyl (C=O) groups is 2. The summed E-state index contributed by atoms with van der Waals surface area (Å²) in [6.45, 7) is 2.42. The minimum atomic E-state index is -1.13. The van der Waals surface area contributed by atoms with Gasteiger partial charge >= 0.3 is 12.0 Å². The molecule has 20 heavy (non-hydrogen) atoms. The van der Waals surface area contributed by atoms with Crippen LogP contribution in [0.2, 0.25) is 0 Å². The van der Waals surface area contributed by atoms with E-state index in [1.54, 1.807) is 0 Å². The van der Waals surface area contributed by atoms with Crippen molar-refractivity contribution in [2.75, 3.05) is 19.6 Å². The van der Waals surface area contributed by atoms with Crippen LogP contribution in [0.15, 0.2) is 0 Å². The smallest absolute Gasteiger partial charge is 0.329 e. The van der Waals surface area contributed by atoms with Crippen LogP contribution in [0.1, 0.15) is 32.6 Å². The van der Waals surface area contributed by atoms with Crippen molar-refractivity contribution in [1.29, 1.82) is 0 Å². The van der Waals surface area contributed by atoms with Crippen molar-refractivity contribution in [2.45, 2.75) is 50.4 Å². The predicted molar refractivity (Wildman–Crippen MR) is 70.2 cm³/mol. The molecule has 3 unspecified atom stereocenters. The van der Waals surface area contributed by atoms with Crippen LogP contribution in [0.25, 0.3) is 0 Å². The van der Waals surface area contributed by atoms with Crippen molar-refractivity contribution in [3.63, 3.8) is 0 Å². The predicted octanol–water partition coefficient (Wildman–Crippen LogP) is -0.137. The Hall–Kier alpha value is -1.34. The fourth-order valence-corrected chi connectivity index (χ4v) is 3.26. The third-order valence-electron chi connectivity index (χ3n) is 4.31. The first kappa shape index (κ1) is 15.1. The van der Waals surface area contributed by atoms with Crippen LogP contribution in [0.4, 0.5) is 4.79 Å². The monoisotopic (exact) mass is 286 g/mol. The molecule has 2 amide bonds. The quantitative estimate of drug-likeness (QED) is 0.670. The number of carbonyl (C=O) groups excluding carboxylic acids is 1. The van der Waals surface area contributed by atoms with Crippen molar-refractivity contribution in [2.24, 2.45) is 0 Å². The molecule has 2 fully saturated rings. The van der Waals surface area contributed by atoms with E-state index < -0.39 is 29.7 Å². The lowest BCUT2D eigenvalue weighted by Gasteiger charge is -2.37. The number of nitrogens with zero attached hydrogens (tertiary/aromatic N) is 2. The summed E-state index contributed by atoms with van der Waals surface area (Å²) in [6.07, 6.45) is 0.325. The lowest BCUT2D eigenvalue weighted by molar-refractivity contribution is -0.148. The third-order valence-corrected chi connectivity index (χ3v) is 4.31. The van der Waals surface area contributed by atoms with E-state index in [0.717, 1.165) is 0 Å². The minimum Gasteiger partial charge on any atom is -0.479 e. The van der Waals surface area contributed by atoms with E-state index in [1.807, 2.05) is 6.92 Å². The molecule has 2 heterocycles. The SMILES string of the molecule is CCCC1(C(=O)O)CCCN1C(=O)N1CC(O)C(O)C1. The van der Waals surface area contributed by atoms with Gasteiger partial charge in [-0.3, -0.25) is 0 Å². The average molecular weight is 286 g/mol. The molecule has 7 heteroatoms. The number of aliphatic hydroxyl groups excluding tert-OH is 2. The van der Waals surface area contributed by atoms with Gasteiger partial charge in [0.15, 0.2) is 0 Å². The van der Waals surface area contributed by atoms with Crippen LogP contribution < -0.4 is 0 Å². The van der Waals surface area contributed by atoms with Gasteiger partial charge in [0, 0.05) is 6.54 Å². The summed E-state index contributed by atoms with van der Waals surface area (Å²) in [4.78, 5) is 26.9. The number of urea groups is 1. The Bertz CT molecular complexity index is 392. The lowest BCUT2D eigenvalue weighted by atomic mass is 9.91. The van der Waals surface area contributed by atoms with E-state index in [9.17, 15) is 24.9 Å². The van der Waals surface area contributed by atoms with Gasteiger partial charge in [-0.15, -0.1) is 0 Å². The molecule has 7 nitrogen and oxygen atoms in total. The van der Waals surface area contributed by atoms with E-state index in [-0.39, 0.29) is 13.1 Å². The van der Waals surface area contributed by atoms with E-state index >= 15 is 0 Å². The summed E-state index contributed by atoms with van der Waals surface area (Å²) in [5.74, 6) is -0.967. The zero-order valence-corrected chi connectivity index (χ0v) is 11.7. The van der Waals surface area contributed by atoms with Gasteiger partial charge in [0.25, 0.3) is 0 Å². The zero-order chi connectivity index (χ0) is 14.9. The highest BCUT2D eigenvalue weighted by molar-refractivity contribution is 5.87. The van der Waals surface area contributed by atoms with E-state index in [1.165, 1.54) is 9.80 Å². The highest BCUT2D eigenvalue weighted by Crippen LogP contribution is 2.35. The van der Waals surface area contributed by atoms with Gasteiger partial charge in [-0.1, -0.05) is 13.3 Å². The van der Waals surface area contributed by atoms with Crippen LogP contribution in [-0.2, 0) is 4.79 Å². The second-order valence-electron chi connectivity index (χ2n) is 5.66. The Morgan fingerprint density at radius 3 is 2.35 bits per heavy atom. The molecule has 3 N–H and O–H groups in total. The molecule has 0 aromatic rings. The Kier molecular flexibility index (Phi) is 4.19. The molecule has 0 saturated carbocycles. The van der Waals surface area contributed by atoms with Gasteiger partial charge in [-0.05, 0) is 19.3 Å². The van der Waals surface area contributed by atoms with Crippen molar-refractivity contribution in [3.8, 4) is 0 Å². The first-order valence-electron chi connectivity index (χ1n) is 7.08. The number of carboxylic acid groups (broad SMARTS) is 1. The first-order valence-corrected chi connectivity index (χ1v) is 7.08. The molecule has 0 aliphatic carbocycles. The maximum Gasteiger partial charge on any atom is 0.329 e. The van der Waals surface area contributed by atoms with Gasteiger partial charge in [0.05, 0.1) is 25.3 Å². The first-order chi connectivity index (χ1) is 9.42. The van der Waals surface area contributed by atoms with Crippen molar-refractivity contribution < 1.29 is 24.9 Å². The zero-order valence-electron chi connectivity index (χ0n) is 11.7. The van der Waals surface area contributed by atoms with Crippen LogP contribution in [0.3, 0.4) is 0 Å². The summed E-state index contributed by atoms with van der Waals surface area (Å²) in [6, 6.07) is -0.394. The molecule has 114 valence electrons. The minimum absolute atomic E-state index is 0.0539. The van der Waals surface area contributed by atoms with Crippen LogP contribution in [-0.4, -0.2) is 74.5 Å². The number of hydrogen-bond acceptors (Lipinski definition) is 4. The molecule has 2 rings (SSSR count). The fourth-order valence-electron chi connectivity index (χ4n) is 3.26. The van der Waals surface area contributed by atoms with Crippen LogP contribution in [0.5, 0.6) is 0 Å². The molecule has 0 spiro atoms. The maximum atomic E-state index is 12.5. The normalized spacial score (nSPS) is 33.8. The van der Waals surface area contributed by atoms with Gasteiger partial charge in [-0.2, -0.15) is 0 Å². The number of amides is 2. The molecular formula is C13H22N2O5. The van der Waals surface area contributed by atoms with Crippen molar-refractivity contribution in [1.82, 2.24) is 9.80 Å². The molecular weight excluding hydrogens is 264 g/mol. The number of likely N-dealkylation sites (tertiary alicyclic amines) is 2. The molecule has 2 aliphatic rings. The molecule has 0 aromatic carbocycles. The second-order valence-corrected chi connectivity index (χ2v) is 5.66. The summed E-state index contributed by atoms with van der Waals surface area (Å²) in [5.41, 5.74) is -1.13. The van der Waals surface area contributed by atoms with E-state index in [4.69, 9.17) is 0 Å². The molecule has 2 saturated heterocycles. The topological polar surface area (TPSA) is 101 Å². The number of aliphatic hydroxyl groups is 2. The summed E-state index contributed by atoms with van der Waals surface area (Å²) >= 11 is 0. The van der Waals surface area contributed by atoms with Crippen LogP contribution in [0, 0.1) is 0 Å². The Labute approximate surface area is 117 Å². The summed E-state index contributed by atoms with van der Waals surface area (Å²) in [7, 11) is 0. The Morgan fingerprint density at radius 1 is 1.25 bits per heavy atom. The van der Waals surface area contributed by atoms with E-state index in [2.05, 4.69) is 0 Å². The molecule has 0 aromatic heterocycles. The van der Waals surface area contributed by atoms with Gasteiger partial charge in [0.1, 0.15) is 5.54 Å². The van der Waals surface area contributed by atoms with Gasteiger partial charge < -0.3 is 25.1 Å². The third kappa shape index (κ3) is 2.35. The molecule has 2 aliphatic heterocycles. The number of β-amino-alcohol motifs (C(OH)–C–C–N with tert-alkyl or cyclic N) is 2. The molecule has 0 radical (unpaired) electrons. The number of carboxylic acids is 1. The van der Waals surface area contributed by atoms with Gasteiger partial charge in [-0.25, -0.2) is 9.59 Å².